The van der Waals surface area contributed by atoms with Gasteiger partial charge >= 0.3 is 5.97 Å². The Morgan fingerprint density at radius 2 is 1.95 bits per heavy atom. The van der Waals surface area contributed by atoms with Crippen molar-refractivity contribution in [1.82, 2.24) is 4.90 Å². The fourth-order valence-corrected chi connectivity index (χ4v) is 1.41. The van der Waals surface area contributed by atoms with E-state index in [1.807, 2.05) is 37.3 Å². The second kappa shape index (κ2) is 8.08. The molecule has 4 nitrogen and oxygen atoms in total. The molecule has 0 N–H and O–H groups in total. The topological polar surface area (TPSA) is 46.6 Å². The van der Waals surface area contributed by atoms with Gasteiger partial charge in [0.05, 0.1) is 0 Å². The smallest absolute Gasteiger partial charge is 0.332 e. The first kappa shape index (κ1) is 15.0. The summed E-state index contributed by atoms with van der Waals surface area (Å²) in [6.07, 6.45) is 4.28. The molecule has 0 atom stereocenters. The fraction of sp³-hybridized carbons (Fsp3) is 0.333. The van der Waals surface area contributed by atoms with Crippen molar-refractivity contribution in [2.75, 3.05) is 13.8 Å². The van der Waals surface area contributed by atoms with Gasteiger partial charge in [-0.2, -0.15) is 0 Å². The molecule has 4 heteroatoms. The number of hydrogen-bond acceptors (Lipinski definition) is 3. The summed E-state index contributed by atoms with van der Waals surface area (Å²) in [7, 11) is 1.62. The van der Waals surface area contributed by atoms with E-state index in [-0.39, 0.29) is 12.6 Å². The van der Waals surface area contributed by atoms with Crippen LogP contribution < -0.4 is 0 Å². The monoisotopic (exact) mass is 261 g/mol. The highest BCUT2D eigenvalue weighted by Gasteiger charge is 2.08. The third-order valence-corrected chi connectivity index (χ3v) is 2.50. The second-order valence-corrected chi connectivity index (χ2v) is 4.18. The number of amides is 1. The summed E-state index contributed by atoms with van der Waals surface area (Å²) in [5, 5.41) is 0. The van der Waals surface area contributed by atoms with Crippen LogP contribution in [0.15, 0.2) is 36.4 Å². The van der Waals surface area contributed by atoms with Crippen LogP contribution in [-0.4, -0.2) is 30.6 Å². The van der Waals surface area contributed by atoms with Crippen LogP contribution in [0.5, 0.6) is 0 Å². The van der Waals surface area contributed by atoms with E-state index < -0.39 is 5.97 Å². The maximum Gasteiger partial charge on any atom is 0.332 e. The summed E-state index contributed by atoms with van der Waals surface area (Å²) in [6.45, 7) is 1.91. The molecule has 1 amide bonds. The van der Waals surface area contributed by atoms with Gasteiger partial charge in [0.25, 0.3) is 0 Å². The van der Waals surface area contributed by atoms with E-state index in [4.69, 9.17) is 4.74 Å². The molecule has 0 aliphatic carbocycles. The predicted octanol–water partition coefficient (Wildman–Crippen LogP) is 2.46. The number of carbonyl (C=O) groups excluding carboxylic acids is 2. The van der Waals surface area contributed by atoms with E-state index in [2.05, 4.69) is 0 Å². The van der Waals surface area contributed by atoms with Gasteiger partial charge in [-0.1, -0.05) is 37.3 Å². The predicted molar refractivity (Wildman–Crippen MR) is 74.1 cm³/mol. The average molecular weight is 261 g/mol. The number of carbonyl (C=O) groups is 2. The van der Waals surface area contributed by atoms with Gasteiger partial charge in [0.2, 0.25) is 5.91 Å². The van der Waals surface area contributed by atoms with Gasteiger partial charge in [-0.15, -0.1) is 0 Å². The average Bonchev–Trinajstić information content (AvgIpc) is 2.43. The first-order valence-corrected chi connectivity index (χ1v) is 6.27. The van der Waals surface area contributed by atoms with Crippen molar-refractivity contribution >= 4 is 18.0 Å². The first-order valence-electron chi connectivity index (χ1n) is 6.27. The van der Waals surface area contributed by atoms with Crippen molar-refractivity contribution in [3.8, 4) is 0 Å². The van der Waals surface area contributed by atoms with E-state index in [0.717, 1.165) is 12.0 Å². The van der Waals surface area contributed by atoms with Crippen molar-refractivity contribution in [1.29, 1.82) is 0 Å². The highest BCUT2D eigenvalue weighted by atomic mass is 16.5. The highest BCUT2D eigenvalue weighted by Crippen LogP contribution is 2.01. The molecule has 1 aromatic rings. The Morgan fingerprint density at radius 1 is 1.26 bits per heavy atom. The summed E-state index contributed by atoms with van der Waals surface area (Å²) in [5.41, 5.74) is 0.926. The molecule has 0 fully saturated rings. The molecule has 0 aliphatic heterocycles. The Hall–Kier alpha value is -2.10. The molecular formula is C15H19NO3. The summed E-state index contributed by atoms with van der Waals surface area (Å²) in [6, 6.07) is 9.47. The minimum absolute atomic E-state index is 0.0171. The molecule has 0 spiro atoms. The minimum Gasteiger partial charge on any atom is -0.441 e. The fourth-order valence-electron chi connectivity index (χ4n) is 1.41. The van der Waals surface area contributed by atoms with E-state index in [0.29, 0.717) is 6.42 Å². The third kappa shape index (κ3) is 5.86. The molecule has 1 rings (SSSR count). The van der Waals surface area contributed by atoms with Gasteiger partial charge in [0, 0.05) is 19.5 Å². The maximum absolute atomic E-state index is 11.5. The molecule has 19 heavy (non-hydrogen) atoms. The Balaban J connectivity index is 2.36. The van der Waals surface area contributed by atoms with Gasteiger partial charge in [-0.3, -0.25) is 4.79 Å². The van der Waals surface area contributed by atoms with Crippen LogP contribution >= 0.6 is 0 Å². The lowest BCUT2D eigenvalue weighted by atomic mass is 10.2. The van der Waals surface area contributed by atoms with Crippen LogP contribution in [0, 0.1) is 0 Å². The third-order valence-electron chi connectivity index (χ3n) is 2.50. The largest absolute Gasteiger partial charge is 0.441 e. The Morgan fingerprint density at radius 3 is 2.58 bits per heavy atom. The zero-order valence-corrected chi connectivity index (χ0v) is 11.3. The summed E-state index contributed by atoms with van der Waals surface area (Å²) in [4.78, 5) is 24.3. The Labute approximate surface area is 113 Å². The van der Waals surface area contributed by atoms with Gasteiger partial charge in [-0.05, 0) is 18.1 Å². The second-order valence-electron chi connectivity index (χ2n) is 4.18. The molecule has 0 unspecified atom stereocenters. The molecule has 1 aromatic carbocycles. The van der Waals surface area contributed by atoms with Gasteiger partial charge in [0.1, 0.15) is 0 Å². The number of ether oxygens (including phenoxy) is 1. The van der Waals surface area contributed by atoms with Crippen molar-refractivity contribution in [3.05, 3.63) is 42.0 Å². The van der Waals surface area contributed by atoms with Crippen molar-refractivity contribution in [2.45, 2.75) is 19.8 Å². The lowest BCUT2D eigenvalue weighted by Crippen LogP contribution is -2.29. The molecule has 0 aromatic heterocycles. The van der Waals surface area contributed by atoms with Gasteiger partial charge < -0.3 is 9.64 Å². The van der Waals surface area contributed by atoms with Gasteiger partial charge in [-0.25, -0.2) is 4.79 Å². The van der Waals surface area contributed by atoms with Crippen molar-refractivity contribution in [2.24, 2.45) is 0 Å². The van der Waals surface area contributed by atoms with Gasteiger partial charge in [0.15, 0.2) is 6.73 Å². The number of nitrogens with zero attached hydrogens (tertiary/aromatic N) is 1. The number of esters is 1. The van der Waals surface area contributed by atoms with E-state index in [1.165, 1.54) is 11.0 Å². The van der Waals surface area contributed by atoms with Crippen LogP contribution in [0.25, 0.3) is 6.08 Å². The first-order chi connectivity index (χ1) is 9.13. The Bertz CT molecular complexity index is 440. The quantitative estimate of drug-likeness (QED) is 0.449. The van der Waals surface area contributed by atoms with Crippen molar-refractivity contribution in [3.63, 3.8) is 0 Å². The molecule has 0 heterocycles. The summed E-state index contributed by atoms with van der Waals surface area (Å²) < 4.78 is 4.97. The number of benzene rings is 1. The number of hydrogen-bond donors (Lipinski definition) is 0. The minimum atomic E-state index is -0.458. The molecule has 0 bridgehead atoms. The van der Waals surface area contributed by atoms with Crippen LogP contribution in [0.1, 0.15) is 25.3 Å². The van der Waals surface area contributed by atoms with E-state index >= 15 is 0 Å². The molecular weight excluding hydrogens is 242 g/mol. The zero-order valence-electron chi connectivity index (χ0n) is 11.3. The summed E-state index contributed by atoms with van der Waals surface area (Å²) in [5.74, 6) is -0.484. The van der Waals surface area contributed by atoms with E-state index in [1.54, 1.807) is 13.1 Å². The SMILES string of the molecule is CCCC(=O)N(C)COC(=O)/C=C/c1ccccc1. The molecule has 0 aliphatic rings. The highest BCUT2D eigenvalue weighted by molar-refractivity contribution is 5.87. The molecule has 102 valence electrons. The molecule has 0 saturated heterocycles. The van der Waals surface area contributed by atoms with Crippen molar-refractivity contribution < 1.29 is 14.3 Å². The lowest BCUT2D eigenvalue weighted by Gasteiger charge is -2.15. The Kier molecular flexibility index (Phi) is 6.36. The normalized spacial score (nSPS) is 10.4. The standard InChI is InChI=1S/C15H19NO3/c1-3-7-14(17)16(2)12-19-15(18)11-10-13-8-5-4-6-9-13/h4-6,8-11H,3,7,12H2,1-2H3/b11-10+. The van der Waals surface area contributed by atoms with Crippen LogP contribution in [0.2, 0.25) is 0 Å². The van der Waals surface area contributed by atoms with E-state index in [9.17, 15) is 9.59 Å². The summed E-state index contributed by atoms with van der Waals surface area (Å²) >= 11 is 0. The van der Waals surface area contributed by atoms with Crippen LogP contribution in [-0.2, 0) is 14.3 Å². The van der Waals surface area contributed by atoms with Crippen LogP contribution in [0.3, 0.4) is 0 Å². The van der Waals surface area contributed by atoms with Crippen LogP contribution in [0.4, 0.5) is 0 Å². The number of rotatable bonds is 6. The lowest BCUT2D eigenvalue weighted by molar-refractivity contribution is -0.147. The molecule has 0 radical (unpaired) electrons. The maximum atomic E-state index is 11.5. The molecule has 0 saturated carbocycles. The zero-order chi connectivity index (χ0) is 14.1.